The Bertz CT molecular complexity index is 698. The van der Waals surface area contributed by atoms with Crippen molar-refractivity contribution in [1.29, 1.82) is 0 Å². The molecule has 1 saturated heterocycles. The van der Waals surface area contributed by atoms with E-state index in [2.05, 4.69) is 57.6 Å². The second kappa shape index (κ2) is 5.71. The lowest BCUT2D eigenvalue weighted by molar-refractivity contribution is 0.221. The van der Waals surface area contributed by atoms with Gasteiger partial charge < -0.3 is 11.1 Å². The van der Waals surface area contributed by atoms with Gasteiger partial charge in [0.2, 0.25) is 0 Å². The van der Waals surface area contributed by atoms with E-state index >= 15 is 0 Å². The summed E-state index contributed by atoms with van der Waals surface area (Å²) in [6.07, 6.45) is 4.72. The molecule has 2 heterocycles. The largest absolute Gasteiger partial charge is 0.398 e. The summed E-state index contributed by atoms with van der Waals surface area (Å²) in [6, 6.07) is 16.1. The van der Waals surface area contributed by atoms with Crippen molar-refractivity contribution in [2.24, 2.45) is 5.92 Å². The molecule has 114 valence electrons. The molecule has 3 N–H and O–H groups in total. The van der Waals surface area contributed by atoms with Gasteiger partial charge in [-0.3, -0.25) is 0 Å². The van der Waals surface area contributed by atoms with Crippen LogP contribution in [0.2, 0.25) is 0 Å². The first-order chi connectivity index (χ1) is 10.7. The van der Waals surface area contributed by atoms with Gasteiger partial charge in [-0.2, -0.15) is 0 Å². The molecule has 0 unspecified atom stereocenters. The summed E-state index contributed by atoms with van der Waals surface area (Å²) in [5.74, 6) is 0.645. The van der Waals surface area contributed by atoms with Crippen LogP contribution in [0.3, 0.4) is 0 Å². The fraction of sp³-hybridized carbons (Fsp3) is 0.368. The van der Waals surface area contributed by atoms with Crippen molar-refractivity contribution in [3.8, 4) is 0 Å². The van der Waals surface area contributed by atoms with E-state index in [0.29, 0.717) is 18.0 Å². The fourth-order valence-corrected chi connectivity index (χ4v) is 4.55. The van der Waals surface area contributed by atoms with Gasteiger partial charge in [0.25, 0.3) is 0 Å². The summed E-state index contributed by atoms with van der Waals surface area (Å²) < 4.78 is 1.16. The minimum absolute atomic E-state index is 0.450. The van der Waals surface area contributed by atoms with E-state index < -0.39 is 0 Å². The summed E-state index contributed by atoms with van der Waals surface area (Å²) in [5.41, 5.74) is 11.4. The molecule has 1 aliphatic carbocycles. The zero-order valence-electron chi connectivity index (χ0n) is 12.6. The number of fused-ring (bicyclic) bond motifs is 2. The monoisotopic (exact) mass is 356 g/mol. The Hall–Kier alpha value is -1.32. The molecule has 3 atom stereocenters. The first-order valence-corrected chi connectivity index (χ1v) is 8.88. The maximum atomic E-state index is 6.23. The molecule has 3 aliphatic rings. The lowest BCUT2D eigenvalue weighted by atomic mass is 9.75. The molecule has 2 aliphatic heterocycles. The number of hydrogen-bond donors (Lipinski definition) is 2. The van der Waals surface area contributed by atoms with Crippen LogP contribution in [0.4, 0.5) is 5.69 Å². The second-order valence-electron chi connectivity index (χ2n) is 6.63. The summed E-state index contributed by atoms with van der Waals surface area (Å²) in [4.78, 5) is 0. The molecule has 2 aromatic rings. The van der Waals surface area contributed by atoms with Crippen LogP contribution in [-0.2, 0) is 12.8 Å². The van der Waals surface area contributed by atoms with Gasteiger partial charge in [0, 0.05) is 22.2 Å². The number of benzene rings is 2. The van der Waals surface area contributed by atoms with Crippen LogP contribution >= 0.6 is 15.9 Å². The molecular weight excluding hydrogens is 336 g/mol. The first kappa shape index (κ1) is 14.3. The topological polar surface area (TPSA) is 38.0 Å². The minimum Gasteiger partial charge on any atom is -0.398 e. The van der Waals surface area contributed by atoms with Crippen molar-refractivity contribution in [2.75, 3.05) is 5.73 Å². The van der Waals surface area contributed by atoms with Gasteiger partial charge in [-0.1, -0.05) is 40.2 Å². The van der Waals surface area contributed by atoms with E-state index in [9.17, 15) is 0 Å². The normalized spacial score (nSPS) is 27.0. The van der Waals surface area contributed by atoms with Gasteiger partial charge >= 0.3 is 0 Å². The maximum absolute atomic E-state index is 6.23. The van der Waals surface area contributed by atoms with E-state index in [0.717, 1.165) is 23.0 Å². The van der Waals surface area contributed by atoms with Crippen LogP contribution in [-0.4, -0.2) is 6.04 Å². The number of piperidine rings is 1. The Morgan fingerprint density at radius 2 is 1.91 bits per heavy atom. The molecule has 1 fully saturated rings. The van der Waals surface area contributed by atoms with E-state index in [1.807, 2.05) is 6.07 Å². The molecule has 2 bridgehead atoms. The van der Waals surface area contributed by atoms with Crippen LogP contribution in [0.1, 0.15) is 35.6 Å². The number of anilines is 1. The van der Waals surface area contributed by atoms with Gasteiger partial charge in [-0.25, -0.2) is 0 Å². The third-order valence-electron chi connectivity index (χ3n) is 5.22. The molecule has 22 heavy (non-hydrogen) atoms. The molecule has 3 heteroatoms. The fourth-order valence-electron chi connectivity index (χ4n) is 4.13. The Balaban J connectivity index is 1.72. The van der Waals surface area contributed by atoms with Crippen molar-refractivity contribution < 1.29 is 0 Å². The van der Waals surface area contributed by atoms with Crippen molar-refractivity contribution in [3.05, 3.63) is 63.6 Å². The van der Waals surface area contributed by atoms with Gasteiger partial charge in [0.05, 0.1) is 0 Å². The van der Waals surface area contributed by atoms with Gasteiger partial charge in [0.1, 0.15) is 0 Å². The van der Waals surface area contributed by atoms with Crippen molar-refractivity contribution in [1.82, 2.24) is 5.32 Å². The summed E-state index contributed by atoms with van der Waals surface area (Å²) in [7, 11) is 0. The van der Waals surface area contributed by atoms with Crippen LogP contribution in [0.25, 0.3) is 0 Å². The molecule has 0 aromatic heterocycles. The average molecular weight is 357 g/mol. The Kier molecular flexibility index (Phi) is 3.71. The zero-order chi connectivity index (χ0) is 15.1. The number of halogens is 1. The molecule has 2 aromatic carbocycles. The van der Waals surface area contributed by atoms with Crippen molar-refractivity contribution >= 4 is 21.6 Å². The minimum atomic E-state index is 0.450. The molecular formula is C19H21BrN2. The van der Waals surface area contributed by atoms with E-state index in [-0.39, 0.29) is 0 Å². The summed E-state index contributed by atoms with van der Waals surface area (Å²) in [6.45, 7) is 0. The van der Waals surface area contributed by atoms with Crippen LogP contribution in [0.5, 0.6) is 0 Å². The second-order valence-corrected chi connectivity index (χ2v) is 7.54. The smallest absolute Gasteiger partial charge is 0.0354 e. The molecule has 0 radical (unpaired) electrons. The number of nitrogens with two attached hydrogens (primary N) is 1. The number of nitrogens with one attached hydrogen (secondary N) is 1. The van der Waals surface area contributed by atoms with Gasteiger partial charge in [0.15, 0.2) is 0 Å². The van der Waals surface area contributed by atoms with E-state index in [1.54, 1.807) is 0 Å². The Morgan fingerprint density at radius 3 is 2.77 bits per heavy atom. The van der Waals surface area contributed by atoms with E-state index in [4.69, 9.17) is 5.73 Å². The zero-order valence-corrected chi connectivity index (χ0v) is 14.1. The highest BCUT2D eigenvalue weighted by Crippen LogP contribution is 2.39. The maximum Gasteiger partial charge on any atom is 0.0354 e. The number of rotatable bonds is 1. The van der Waals surface area contributed by atoms with Gasteiger partial charge in [-0.15, -0.1) is 0 Å². The standard InChI is InChI=1S/C19H21BrN2/c20-15-5-1-4-13(10-15)19-14-7-8-16(22-19)11-17-12(9-14)3-2-6-18(17)21/h1-6,10,14,16,19,22H,7-9,11,21H2/t14-,16+,19-/m0/s1. The molecule has 2 nitrogen and oxygen atoms in total. The van der Waals surface area contributed by atoms with E-state index in [1.165, 1.54) is 29.5 Å². The SMILES string of the molecule is Nc1cccc2c1C[C@H]1CC[C@@H](C2)[C@H](c2cccc(Br)c2)N1. The lowest BCUT2D eigenvalue weighted by Crippen LogP contribution is -2.45. The highest BCUT2D eigenvalue weighted by molar-refractivity contribution is 9.10. The third-order valence-corrected chi connectivity index (χ3v) is 5.72. The predicted molar refractivity (Wildman–Crippen MR) is 94.8 cm³/mol. The highest BCUT2D eigenvalue weighted by atomic mass is 79.9. The summed E-state index contributed by atoms with van der Waals surface area (Å²) in [5, 5.41) is 3.89. The lowest BCUT2D eigenvalue weighted by Gasteiger charge is -2.41. The first-order valence-electron chi connectivity index (χ1n) is 8.08. The Morgan fingerprint density at radius 1 is 1.05 bits per heavy atom. The molecule has 5 rings (SSSR count). The summed E-state index contributed by atoms with van der Waals surface area (Å²) >= 11 is 3.61. The quantitative estimate of drug-likeness (QED) is 0.750. The van der Waals surface area contributed by atoms with Crippen molar-refractivity contribution in [2.45, 2.75) is 37.8 Å². The van der Waals surface area contributed by atoms with Crippen LogP contribution in [0.15, 0.2) is 46.9 Å². The van der Waals surface area contributed by atoms with Gasteiger partial charge in [-0.05, 0) is 66.5 Å². The number of hydrogen-bond acceptors (Lipinski definition) is 2. The average Bonchev–Trinajstić information content (AvgIpc) is 2.48. The Labute approximate surface area is 140 Å². The predicted octanol–water partition coefficient (Wildman–Crippen LogP) is 4.24. The highest BCUT2D eigenvalue weighted by Gasteiger charge is 2.34. The molecule has 0 spiro atoms. The van der Waals surface area contributed by atoms with Crippen molar-refractivity contribution in [3.63, 3.8) is 0 Å². The molecule has 0 amide bonds. The number of nitrogen functional groups attached to an aromatic ring is 1. The third kappa shape index (κ3) is 2.57. The van der Waals surface area contributed by atoms with Crippen LogP contribution < -0.4 is 11.1 Å². The molecule has 0 saturated carbocycles. The van der Waals surface area contributed by atoms with Crippen LogP contribution in [0, 0.1) is 5.92 Å².